The molecule has 0 aliphatic heterocycles. The van der Waals surface area contributed by atoms with Crippen molar-refractivity contribution in [2.75, 3.05) is 18.8 Å². The van der Waals surface area contributed by atoms with E-state index in [1.807, 2.05) is 0 Å². The van der Waals surface area contributed by atoms with Gasteiger partial charge in [-0.15, -0.1) is 10.2 Å². The number of anilines is 1. The lowest BCUT2D eigenvalue weighted by Crippen LogP contribution is -2.42. The Morgan fingerprint density at radius 2 is 1.87 bits per heavy atom. The van der Waals surface area contributed by atoms with Crippen LogP contribution < -0.4 is 27.1 Å². The number of pyridine rings is 1. The number of nitrogens with two attached hydrogens (primary N) is 4. The summed E-state index contributed by atoms with van der Waals surface area (Å²) in [7, 11) is -8.96. The summed E-state index contributed by atoms with van der Waals surface area (Å²) in [6, 6.07) is 4.87. The Balaban J connectivity index is 2.33. The lowest BCUT2D eigenvalue weighted by molar-refractivity contribution is 0.563. The van der Waals surface area contributed by atoms with E-state index in [0.29, 0.717) is 5.56 Å². The van der Waals surface area contributed by atoms with Gasteiger partial charge < -0.3 is 17.2 Å². The number of primary sulfonamides is 1. The summed E-state index contributed by atoms with van der Waals surface area (Å²) in [5.74, 6) is 0.0442. The first kappa shape index (κ1) is 22.7. The van der Waals surface area contributed by atoms with Crippen LogP contribution >= 0.6 is 0 Å². The molecule has 10 N–H and O–H groups in total. The third-order valence-electron chi connectivity index (χ3n) is 4.20. The lowest BCUT2D eigenvalue weighted by Gasteiger charge is -2.17. The van der Waals surface area contributed by atoms with Crippen LogP contribution in [-0.2, 0) is 20.0 Å². The molecule has 0 unspecified atom stereocenters. The van der Waals surface area contributed by atoms with Gasteiger partial charge in [-0.3, -0.25) is 0 Å². The number of aromatic nitrogens is 5. The van der Waals surface area contributed by atoms with Gasteiger partial charge in [0, 0.05) is 30.9 Å². The van der Waals surface area contributed by atoms with E-state index in [1.54, 1.807) is 6.07 Å². The van der Waals surface area contributed by atoms with Crippen LogP contribution in [0.4, 0.5) is 5.82 Å². The Kier molecular flexibility index (Phi) is 6.30. The highest BCUT2D eigenvalue weighted by atomic mass is 32.2. The van der Waals surface area contributed by atoms with Crippen molar-refractivity contribution in [1.29, 1.82) is 0 Å². The Labute approximate surface area is 177 Å². The van der Waals surface area contributed by atoms with Gasteiger partial charge in [0.2, 0.25) is 25.9 Å². The van der Waals surface area contributed by atoms with Crippen molar-refractivity contribution in [2.45, 2.75) is 15.8 Å². The van der Waals surface area contributed by atoms with E-state index in [-0.39, 0.29) is 35.9 Å². The minimum atomic E-state index is -4.60. The highest BCUT2D eigenvalue weighted by molar-refractivity contribution is 7.92. The predicted molar refractivity (Wildman–Crippen MR) is 111 cm³/mol. The molecule has 0 aliphatic rings. The van der Waals surface area contributed by atoms with Crippen molar-refractivity contribution < 1.29 is 16.8 Å². The Hall–Kier alpha value is -3.02. The standard InChI is InChI=1S/C15H20N10O4S2/c16-5-9(17)7-21-31(28,29)11-3-2-10(8-1-4-12(18)20-6-8)13(14(11)30(19,26)27)15-22-24-25-23-15/h1-4,6,9,21H,5,7,16-17H2,(H2,18,20)(H2,19,26,27)(H,22,23,24,25)/t9-/m1/s1. The van der Waals surface area contributed by atoms with Crippen LogP contribution in [0.15, 0.2) is 40.3 Å². The number of benzene rings is 1. The summed E-state index contributed by atoms with van der Waals surface area (Å²) >= 11 is 0. The predicted octanol–water partition coefficient (Wildman–Crippen LogP) is -2.28. The molecule has 0 radical (unpaired) electrons. The zero-order valence-corrected chi connectivity index (χ0v) is 17.6. The number of nitrogen functional groups attached to an aromatic ring is 1. The third-order valence-corrected chi connectivity index (χ3v) is 6.79. The molecule has 0 saturated carbocycles. The van der Waals surface area contributed by atoms with Gasteiger partial charge in [0.05, 0.1) is 5.56 Å². The second kappa shape index (κ2) is 8.61. The quantitative estimate of drug-likeness (QED) is 0.205. The molecule has 1 aromatic carbocycles. The second-order valence-corrected chi connectivity index (χ2v) is 9.65. The van der Waals surface area contributed by atoms with Gasteiger partial charge in [0.15, 0.2) is 0 Å². The largest absolute Gasteiger partial charge is 0.384 e. The van der Waals surface area contributed by atoms with Crippen LogP contribution in [0, 0.1) is 0 Å². The van der Waals surface area contributed by atoms with Crippen molar-refractivity contribution in [3.05, 3.63) is 30.5 Å². The Bertz CT molecular complexity index is 1280. The maximum Gasteiger partial charge on any atom is 0.241 e. The zero-order chi connectivity index (χ0) is 22.8. The minimum absolute atomic E-state index is 0.0156. The number of hydrogen-bond acceptors (Lipinski definition) is 11. The number of nitrogens with one attached hydrogen (secondary N) is 2. The molecule has 1 atom stereocenters. The summed E-state index contributed by atoms with van der Waals surface area (Å²) in [6.07, 6.45) is 1.38. The monoisotopic (exact) mass is 468 g/mol. The average Bonchev–Trinajstić information content (AvgIpc) is 3.25. The van der Waals surface area contributed by atoms with Gasteiger partial charge in [-0.1, -0.05) is 6.07 Å². The summed E-state index contributed by atoms with van der Waals surface area (Å²) in [5.41, 5.74) is 17.2. The van der Waals surface area contributed by atoms with E-state index in [0.717, 1.165) is 6.07 Å². The van der Waals surface area contributed by atoms with Crippen LogP contribution in [0.5, 0.6) is 0 Å². The molecule has 3 aromatic rings. The van der Waals surface area contributed by atoms with Crippen molar-refractivity contribution in [1.82, 2.24) is 30.3 Å². The minimum Gasteiger partial charge on any atom is -0.384 e. The van der Waals surface area contributed by atoms with Gasteiger partial charge in [-0.25, -0.2) is 31.7 Å². The molecule has 0 spiro atoms. The van der Waals surface area contributed by atoms with E-state index < -0.39 is 35.9 Å². The first-order valence-corrected chi connectivity index (χ1v) is 11.7. The average molecular weight is 469 g/mol. The molecular formula is C15H20N10O4S2. The molecule has 166 valence electrons. The van der Waals surface area contributed by atoms with Crippen molar-refractivity contribution >= 4 is 25.9 Å². The maximum atomic E-state index is 12.9. The molecule has 2 heterocycles. The Morgan fingerprint density at radius 3 is 2.42 bits per heavy atom. The second-order valence-electron chi connectivity index (χ2n) is 6.42. The summed E-state index contributed by atoms with van der Waals surface area (Å²) in [5, 5.41) is 18.7. The van der Waals surface area contributed by atoms with Crippen LogP contribution in [0.2, 0.25) is 0 Å². The van der Waals surface area contributed by atoms with E-state index in [1.165, 1.54) is 18.3 Å². The smallest absolute Gasteiger partial charge is 0.241 e. The van der Waals surface area contributed by atoms with Gasteiger partial charge >= 0.3 is 0 Å². The molecule has 2 aromatic heterocycles. The maximum absolute atomic E-state index is 12.9. The van der Waals surface area contributed by atoms with Crippen LogP contribution in [0.25, 0.3) is 22.5 Å². The molecule has 3 rings (SSSR count). The number of aromatic amines is 1. The van der Waals surface area contributed by atoms with E-state index >= 15 is 0 Å². The van der Waals surface area contributed by atoms with Gasteiger partial charge in [0.25, 0.3) is 0 Å². The Morgan fingerprint density at radius 1 is 1.13 bits per heavy atom. The number of rotatable bonds is 8. The summed E-state index contributed by atoms with van der Waals surface area (Å²) in [4.78, 5) is 2.66. The number of H-pyrrole nitrogens is 1. The van der Waals surface area contributed by atoms with E-state index in [4.69, 9.17) is 22.3 Å². The highest BCUT2D eigenvalue weighted by Crippen LogP contribution is 2.38. The molecule has 0 saturated heterocycles. The molecule has 31 heavy (non-hydrogen) atoms. The van der Waals surface area contributed by atoms with Crippen molar-refractivity contribution in [3.8, 4) is 22.5 Å². The van der Waals surface area contributed by atoms with Gasteiger partial charge in [-0.2, -0.15) is 5.21 Å². The first-order chi connectivity index (χ1) is 14.5. The topological polar surface area (TPSA) is 252 Å². The van der Waals surface area contributed by atoms with Crippen molar-refractivity contribution in [2.24, 2.45) is 16.6 Å². The first-order valence-electron chi connectivity index (χ1n) is 8.65. The summed E-state index contributed by atoms with van der Waals surface area (Å²) < 4.78 is 53.2. The zero-order valence-electron chi connectivity index (χ0n) is 15.9. The fourth-order valence-electron chi connectivity index (χ4n) is 2.73. The lowest BCUT2D eigenvalue weighted by atomic mass is 10.0. The van der Waals surface area contributed by atoms with E-state index in [9.17, 15) is 16.8 Å². The molecule has 14 nitrogen and oxygen atoms in total. The molecule has 0 bridgehead atoms. The molecule has 0 amide bonds. The number of tetrazole rings is 1. The fraction of sp³-hybridized carbons (Fsp3) is 0.200. The molecule has 0 fully saturated rings. The number of hydrogen-bond donors (Lipinski definition) is 6. The SMILES string of the molecule is NC[C@@H](N)CNS(=O)(=O)c1ccc(-c2ccc(N)nc2)c(-c2nn[nH]n2)c1S(N)(=O)=O. The molecule has 16 heteroatoms. The van der Waals surface area contributed by atoms with Gasteiger partial charge in [0.1, 0.15) is 15.6 Å². The normalized spacial score (nSPS) is 13.3. The van der Waals surface area contributed by atoms with Crippen LogP contribution in [0.3, 0.4) is 0 Å². The number of nitrogens with zero attached hydrogens (tertiary/aromatic N) is 4. The molecule has 0 aliphatic carbocycles. The third kappa shape index (κ3) is 4.84. The number of sulfonamides is 2. The molecular weight excluding hydrogens is 448 g/mol. The van der Waals surface area contributed by atoms with Crippen LogP contribution in [-0.4, -0.2) is 61.6 Å². The highest BCUT2D eigenvalue weighted by Gasteiger charge is 2.32. The summed E-state index contributed by atoms with van der Waals surface area (Å²) in [6.45, 7) is -0.203. The van der Waals surface area contributed by atoms with E-state index in [2.05, 4.69) is 30.3 Å². The fourth-order valence-corrected chi connectivity index (χ4v) is 5.42. The van der Waals surface area contributed by atoms with Crippen molar-refractivity contribution in [3.63, 3.8) is 0 Å². The van der Waals surface area contributed by atoms with Gasteiger partial charge in [-0.05, 0) is 29.0 Å². The van der Waals surface area contributed by atoms with Crippen LogP contribution in [0.1, 0.15) is 0 Å².